The molecule has 1 aromatic heterocycles. The number of nitrogens with zero attached hydrogens (tertiary/aromatic N) is 2. The third-order valence-corrected chi connectivity index (χ3v) is 3.34. The normalized spacial score (nSPS) is 12.9. The first-order chi connectivity index (χ1) is 10.6. The highest BCUT2D eigenvalue weighted by molar-refractivity contribution is 6.35. The quantitative estimate of drug-likeness (QED) is 0.857. The Morgan fingerprint density at radius 2 is 2.09 bits per heavy atom. The van der Waals surface area contributed by atoms with Crippen LogP contribution >= 0.6 is 11.6 Å². The smallest absolute Gasteiger partial charge is 0.408 e. The predicted molar refractivity (Wildman–Crippen MR) is 89.9 cm³/mol. The largest absolute Gasteiger partial charge is 0.444 e. The second-order valence-corrected chi connectivity index (χ2v) is 6.55. The van der Waals surface area contributed by atoms with E-state index in [4.69, 9.17) is 24.3 Å². The minimum absolute atomic E-state index is 0.204. The molecule has 6 nitrogen and oxygen atoms in total. The van der Waals surface area contributed by atoms with Gasteiger partial charge in [0.05, 0.1) is 22.0 Å². The number of amides is 1. The first kappa shape index (κ1) is 17.3. The standard InChI is InChI=1S/C15H17BClN3O3/c1-8(18-14(22)23-15(2,3)4)12-19-10-7-5-6-9(17)11(10)13(21)20(12)16/h5-8H,1-4H3,(H,18,22)/t8-/m0/s1. The van der Waals surface area contributed by atoms with Crippen molar-refractivity contribution in [3.63, 3.8) is 0 Å². The molecule has 0 fully saturated rings. The summed E-state index contributed by atoms with van der Waals surface area (Å²) in [6.07, 6.45) is -0.620. The number of benzene rings is 1. The zero-order valence-electron chi connectivity index (χ0n) is 13.4. The van der Waals surface area contributed by atoms with E-state index in [9.17, 15) is 9.59 Å². The van der Waals surface area contributed by atoms with Crippen LogP contribution in [0, 0.1) is 0 Å². The van der Waals surface area contributed by atoms with Crippen LogP contribution in [0.5, 0.6) is 0 Å². The summed E-state index contributed by atoms with van der Waals surface area (Å²) in [7, 11) is 5.81. The number of hydrogen-bond acceptors (Lipinski definition) is 4. The van der Waals surface area contributed by atoms with Crippen molar-refractivity contribution < 1.29 is 9.53 Å². The molecule has 1 atom stereocenters. The molecule has 0 bridgehead atoms. The number of carbonyl (C=O) groups is 1. The first-order valence-electron chi connectivity index (χ1n) is 7.06. The van der Waals surface area contributed by atoms with E-state index in [-0.39, 0.29) is 16.2 Å². The fourth-order valence-corrected chi connectivity index (χ4v) is 2.32. The maximum atomic E-state index is 12.4. The Balaban J connectivity index is 2.38. The van der Waals surface area contributed by atoms with E-state index in [1.54, 1.807) is 45.9 Å². The van der Waals surface area contributed by atoms with Crippen molar-refractivity contribution in [3.05, 3.63) is 39.4 Å². The molecule has 0 saturated carbocycles. The van der Waals surface area contributed by atoms with E-state index in [0.29, 0.717) is 5.52 Å². The molecule has 2 radical (unpaired) electrons. The molecule has 0 aliphatic carbocycles. The summed E-state index contributed by atoms with van der Waals surface area (Å²) in [4.78, 5) is 28.5. The number of nitrogens with one attached hydrogen (secondary N) is 1. The summed E-state index contributed by atoms with van der Waals surface area (Å²) >= 11 is 6.02. The van der Waals surface area contributed by atoms with Gasteiger partial charge >= 0.3 is 6.09 Å². The van der Waals surface area contributed by atoms with Gasteiger partial charge in [0.25, 0.3) is 0 Å². The third kappa shape index (κ3) is 3.85. The number of alkyl carbamates (subject to hydrolysis) is 1. The summed E-state index contributed by atoms with van der Waals surface area (Å²) in [6, 6.07) is 4.32. The van der Waals surface area contributed by atoms with Gasteiger partial charge < -0.3 is 14.5 Å². The minimum Gasteiger partial charge on any atom is -0.444 e. The summed E-state index contributed by atoms with van der Waals surface area (Å²) < 4.78 is 6.06. The van der Waals surface area contributed by atoms with E-state index in [1.807, 2.05) is 0 Å². The van der Waals surface area contributed by atoms with Gasteiger partial charge in [-0.1, -0.05) is 17.7 Å². The van der Waals surface area contributed by atoms with Gasteiger partial charge in [0.15, 0.2) is 0 Å². The molecule has 0 spiro atoms. The van der Waals surface area contributed by atoms with Crippen LogP contribution in [0.15, 0.2) is 23.0 Å². The lowest BCUT2D eigenvalue weighted by atomic mass is 10.2. The van der Waals surface area contributed by atoms with Gasteiger partial charge in [-0.05, 0) is 39.8 Å². The van der Waals surface area contributed by atoms with Crippen molar-refractivity contribution in [2.24, 2.45) is 0 Å². The fraction of sp³-hybridized carbons (Fsp3) is 0.400. The van der Waals surface area contributed by atoms with Crippen molar-refractivity contribution in [2.45, 2.75) is 39.3 Å². The van der Waals surface area contributed by atoms with Gasteiger partial charge in [-0.15, -0.1) is 0 Å². The molecular formula is C15H17BClN3O3. The number of halogens is 1. The molecule has 0 aliphatic rings. The third-order valence-electron chi connectivity index (χ3n) is 3.03. The van der Waals surface area contributed by atoms with Gasteiger partial charge in [0.1, 0.15) is 11.4 Å². The molecule has 0 unspecified atom stereocenters. The second-order valence-electron chi connectivity index (χ2n) is 6.15. The van der Waals surface area contributed by atoms with Crippen LogP contribution in [-0.2, 0) is 4.74 Å². The zero-order valence-corrected chi connectivity index (χ0v) is 14.1. The maximum absolute atomic E-state index is 12.4. The van der Waals surface area contributed by atoms with Crippen molar-refractivity contribution >= 4 is 36.6 Å². The lowest BCUT2D eigenvalue weighted by Gasteiger charge is -2.22. The van der Waals surface area contributed by atoms with Crippen molar-refractivity contribution in [1.29, 1.82) is 0 Å². The van der Waals surface area contributed by atoms with Crippen molar-refractivity contribution in [2.75, 3.05) is 0 Å². The van der Waals surface area contributed by atoms with Crippen LogP contribution in [0.4, 0.5) is 4.79 Å². The van der Waals surface area contributed by atoms with E-state index < -0.39 is 23.3 Å². The second kappa shape index (κ2) is 6.24. The highest BCUT2D eigenvalue weighted by Crippen LogP contribution is 2.20. The maximum Gasteiger partial charge on any atom is 0.408 e. The fourth-order valence-electron chi connectivity index (χ4n) is 2.07. The van der Waals surface area contributed by atoms with Crippen LogP contribution in [0.1, 0.15) is 39.6 Å². The van der Waals surface area contributed by atoms with E-state index in [1.165, 1.54) is 0 Å². The number of aromatic nitrogens is 2. The molecule has 0 aliphatic heterocycles. The van der Waals surface area contributed by atoms with Gasteiger partial charge in [0.2, 0.25) is 13.5 Å². The van der Waals surface area contributed by atoms with Crippen LogP contribution in [0.25, 0.3) is 10.9 Å². The molecule has 1 N–H and O–H groups in total. The minimum atomic E-state index is -0.628. The average Bonchev–Trinajstić information content (AvgIpc) is 2.40. The van der Waals surface area contributed by atoms with Gasteiger partial charge in [-0.3, -0.25) is 4.79 Å². The van der Waals surface area contributed by atoms with Gasteiger partial charge in [-0.2, -0.15) is 0 Å². The molecular weight excluding hydrogens is 316 g/mol. The van der Waals surface area contributed by atoms with Crippen LogP contribution < -0.4 is 10.9 Å². The molecule has 0 saturated heterocycles. The number of rotatable bonds is 2. The molecule has 1 aromatic carbocycles. The van der Waals surface area contributed by atoms with Crippen LogP contribution in [-0.4, -0.2) is 29.1 Å². The Morgan fingerprint density at radius 1 is 1.43 bits per heavy atom. The van der Waals surface area contributed by atoms with Gasteiger partial charge in [-0.25, -0.2) is 9.78 Å². The van der Waals surface area contributed by atoms with Crippen LogP contribution in [0.2, 0.25) is 5.02 Å². The molecule has 8 heteroatoms. The Kier molecular flexibility index (Phi) is 4.70. The predicted octanol–water partition coefficient (Wildman–Crippen LogP) is 2.57. The average molecular weight is 334 g/mol. The lowest BCUT2D eigenvalue weighted by Crippen LogP contribution is -2.37. The van der Waals surface area contributed by atoms with E-state index in [2.05, 4.69) is 10.3 Å². The molecule has 2 aromatic rings. The van der Waals surface area contributed by atoms with Crippen molar-refractivity contribution in [1.82, 2.24) is 14.8 Å². The molecule has 1 amide bonds. The van der Waals surface area contributed by atoms with Crippen LogP contribution in [0.3, 0.4) is 0 Å². The number of carbonyl (C=O) groups excluding carboxylic acids is 1. The summed E-state index contributed by atoms with van der Waals surface area (Å²) in [5, 5.41) is 3.12. The van der Waals surface area contributed by atoms with Crippen molar-refractivity contribution in [3.8, 4) is 0 Å². The molecule has 1 heterocycles. The van der Waals surface area contributed by atoms with E-state index >= 15 is 0 Å². The molecule has 23 heavy (non-hydrogen) atoms. The Morgan fingerprint density at radius 3 is 2.70 bits per heavy atom. The molecule has 120 valence electrons. The zero-order chi connectivity index (χ0) is 17.4. The monoisotopic (exact) mass is 333 g/mol. The lowest BCUT2D eigenvalue weighted by molar-refractivity contribution is 0.0505. The highest BCUT2D eigenvalue weighted by atomic mass is 35.5. The highest BCUT2D eigenvalue weighted by Gasteiger charge is 2.21. The van der Waals surface area contributed by atoms with E-state index in [0.717, 1.165) is 4.48 Å². The van der Waals surface area contributed by atoms with Gasteiger partial charge in [0, 0.05) is 0 Å². The Bertz CT molecular complexity index is 814. The summed E-state index contributed by atoms with van der Waals surface area (Å²) in [5.41, 5.74) is -0.693. The number of hydrogen-bond donors (Lipinski definition) is 1. The number of fused-ring (bicyclic) bond motifs is 1. The topological polar surface area (TPSA) is 73.2 Å². The summed E-state index contributed by atoms with van der Waals surface area (Å²) in [6.45, 7) is 6.93. The first-order valence-corrected chi connectivity index (χ1v) is 7.43. The molecule has 2 rings (SSSR count). The SMILES string of the molecule is [B]n1c([C@H](C)NC(=O)OC(C)(C)C)nc2cccc(Cl)c2c1=O. The summed E-state index contributed by atoms with van der Waals surface area (Å²) in [5.74, 6) is 0.204. The Labute approximate surface area is 140 Å². The number of ether oxygens (including phenoxy) is 1. The Hall–Kier alpha value is -2.02.